The number of benzene rings is 2. The third kappa shape index (κ3) is 4.59. The number of anilines is 1. The van der Waals surface area contributed by atoms with E-state index in [-0.39, 0.29) is 5.69 Å². The van der Waals surface area contributed by atoms with Gasteiger partial charge in [-0.2, -0.15) is 5.10 Å². The zero-order valence-corrected chi connectivity index (χ0v) is 19.5. The number of methoxy groups -OCH3 is 2. The van der Waals surface area contributed by atoms with E-state index in [1.807, 2.05) is 6.07 Å². The number of nitrogens with zero attached hydrogens (tertiary/aromatic N) is 3. The van der Waals surface area contributed by atoms with Crippen LogP contribution in [0, 0.1) is 6.92 Å². The van der Waals surface area contributed by atoms with Gasteiger partial charge < -0.3 is 9.47 Å². The first-order chi connectivity index (χ1) is 15.9. The molecule has 0 bridgehead atoms. The average Bonchev–Trinajstić information content (AvgIpc) is 3.27. The number of rotatable bonds is 6. The van der Waals surface area contributed by atoms with Crippen molar-refractivity contribution in [3.05, 3.63) is 80.5 Å². The summed E-state index contributed by atoms with van der Waals surface area (Å²) in [5.74, 6) is 0.511. The molecule has 4 aromatic rings. The average molecular weight is 483 g/mol. The highest BCUT2D eigenvalue weighted by molar-refractivity contribution is 7.14. The number of halogens is 1. The van der Waals surface area contributed by atoms with E-state index in [2.05, 4.69) is 15.4 Å². The number of carbonyl (C=O) groups is 1. The van der Waals surface area contributed by atoms with Gasteiger partial charge in [0, 0.05) is 22.7 Å². The van der Waals surface area contributed by atoms with Crippen LogP contribution in [0.1, 0.15) is 16.2 Å². The highest BCUT2D eigenvalue weighted by atomic mass is 35.5. The van der Waals surface area contributed by atoms with Gasteiger partial charge in [-0.25, -0.2) is 9.67 Å². The molecular formula is C23H19ClN4O4S. The molecule has 8 nitrogen and oxygen atoms in total. The van der Waals surface area contributed by atoms with Crippen molar-refractivity contribution in [3.8, 4) is 28.4 Å². The zero-order chi connectivity index (χ0) is 23.5. The largest absolute Gasteiger partial charge is 0.493 e. The second kappa shape index (κ2) is 9.43. The molecular weight excluding hydrogens is 464 g/mol. The van der Waals surface area contributed by atoms with Crippen molar-refractivity contribution >= 4 is 34.0 Å². The van der Waals surface area contributed by atoms with E-state index in [9.17, 15) is 9.59 Å². The number of aromatic nitrogens is 3. The number of nitrogens with one attached hydrogen (secondary N) is 1. The SMILES string of the molecule is COc1ccc(-c2csc(NC(=O)c3nn(-c4ccccc4Cl)c(C)cc3=O)n2)cc1OC. The minimum atomic E-state index is -0.658. The van der Waals surface area contributed by atoms with Crippen LogP contribution in [0.4, 0.5) is 5.13 Å². The van der Waals surface area contributed by atoms with Crippen LogP contribution < -0.4 is 20.2 Å². The Kier molecular flexibility index (Phi) is 6.43. The third-order valence-electron chi connectivity index (χ3n) is 4.81. The smallest absolute Gasteiger partial charge is 0.281 e. The van der Waals surface area contributed by atoms with E-state index in [1.165, 1.54) is 22.1 Å². The van der Waals surface area contributed by atoms with Gasteiger partial charge in [0.1, 0.15) is 0 Å². The van der Waals surface area contributed by atoms with Crippen LogP contribution in [-0.2, 0) is 0 Å². The molecule has 0 aliphatic heterocycles. The summed E-state index contributed by atoms with van der Waals surface area (Å²) >= 11 is 7.50. The molecule has 0 spiro atoms. The molecule has 0 unspecified atom stereocenters. The van der Waals surface area contributed by atoms with Gasteiger partial charge in [0.2, 0.25) is 5.43 Å². The van der Waals surface area contributed by atoms with E-state index >= 15 is 0 Å². The number of hydrogen-bond acceptors (Lipinski definition) is 7. The fraction of sp³-hybridized carbons (Fsp3) is 0.130. The van der Waals surface area contributed by atoms with Crippen molar-refractivity contribution in [2.24, 2.45) is 0 Å². The zero-order valence-electron chi connectivity index (χ0n) is 18.0. The van der Waals surface area contributed by atoms with E-state index in [4.69, 9.17) is 21.1 Å². The number of hydrogen-bond donors (Lipinski definition) is 1. The number of carbonyl (C=O) groups excluding carboxylic acids is 1. The van der Waals surface area contributed by atoms with Crippen molar-refractivity contribution in [1.29, 1.82) is 0 Å². The van der Waals surface area contributed by atoms with Gasteiger partial charge in [0.15, 0.2) is 22.3 Å². The molecule has 1 N–H and O–H groups in total. The first kappa shape index (κ1) is 22.5. The summed E-state index contributed by atoms with van der Waals surface area (Å²) in [7, 11) is 3.12. The standard InChI is InChI=1S/C23H19ClN4O4S/c1-13-10-18(29)21(27-28(13)17-7-5-4-6-15(17)24)22(30)26-23-25-16(12-33-23)14-8-9-19(31-2)20(11-14)32-3/h4-12H,1-3H3,(H,25,26,30). The van der Waals surface area contributed by atoms with Gasteiger partial charge in [0.25, 0.3) is 5.91 Å². The maximum atomic E-state index is 12.9. The van der Waals surface area contributed by atoms with Crippen molar-refractivity contribution in [2.45, 2.75) is 6.92 Å². The predicted molar refractivity (Wildman–Crippen MR) is 128 cm³/mol. The summed E-state index contributed by atoms with van der Waals surface area (Å²) in [6.07, 6.45) is 0. The number of aryl methyl sites for hydroxylation is 1. The van der Waals surface area contributed by atoms with Gasteiger partial charge in [-0.15, -0.1) is 11.3 Å². The molecule has 0 radical (unpaired) electrons. The molecule has 168 valence electrons. The first-order valence-electron chi connectivity index (χ1n) is 9.76. The maximum absolute atomic E-state index is 12.9. The Morgan fingerprint density at radius 3 is 2.58 bits per heavy atom. The molecule has 0 saturated heterocycles. The van der Waals surface area contributed by atoms with Crippen molar-refractivity contribution in [3.63, 3.8) is 0 Å². The Bertz CT molecular complexity index is 1400. The highest BCUT2D eigenvalue weighted by Gasteiger charge is 2.18. The Morgan fingerprint density at radius 2 is 1.85 bits per heavy atom. The van der Waals surface area contributed by atoms with Gasteiger partial charge in [-0.05, 0) is 37.3 Å². The molecule has 2 heterocycles. The van der Waals surface area contributed by atoms with Crippen LogP contribution in [-0.4, -0.2) is 34.9 Å². The van der Waals surface area contributed by atoms with Crippen molar-refractivity contribution in [1.82, 2.24) is 14.8 Å². The lowest BCUT2D eigenvalue weighted by molar-refractivity contribution is 0.101. The van der Waals surface area contributed by atoms with Crippen LogP contribution in [0.15, 0.2) is 58.7 Å². The monoisotopic (exact) mass is 482 g/mol. The molecule has 2 aromatic carbocycles. The molecule has 0 aliphatic carbocycles. The van der Waals surface area contributed by atoms with Crippen LogP contribution in [0.25, 0.3) is 16.9 Å². The van der Waals surface area contributed by atoms with E-state index < -0.39 is 11.3 Å². The summed E-state index contributed by atoms with van der Waals surface area (Å²) in [5.41, 5.74) is 1.79. The highest BCUT2D eigenvalue weighted by Crippen LogP contribution is 2.33. The summed E-state index contributed by atoms with van der Waals surface area (Å²) in [4.78, 5) is 29.8. The Hall–Kier alpha value is -3.69. The van der Waals surface area contributed by atoms with Crippen LogP contribution in [0.2, 0.25) is 5.02 Å². The van der Waals surface area contributed by atoms with E-state index in [0.29, 0.717) is 38.7 Å². The predicted octanol–water partition coefficient (Wildman–Crippen LogP) is 4.59. The fourth-order valence-corrected chi connectivity index (χ4v) is 4.12. The number of thiazole rings is 1. The summed E-state index contributed by atoms with van der Waals surface area (Å²) in [5, 5.41) is 9.49. The quantitative estimate of drug-likeness (QED) is 0.432. The molecule has 2 aromatic heterocycles. The second-order valence-corrected chi connectivity index (χ2v) is 8.19. The number of amides is 1. The molecule has 33 heavy (non-hydrogen) atoms. The van der Waals surface area contributed by atoms with Gasteiger partial charge in [-0.3, -0.25) is 14.9 Å². The lowest BCUT2D eigenvalue weighted by Crippen LogP contribution is -2.27. The van der Waals surface area contributed by atoms with E-state index in [1.54, 1.807) is 62.9 Å². The van der Waals surface area contributed by atoms with E-state index in [0.717, 1.165) is 5.56 Å². The lowest BCUT2D eigenvalue weighted by atomic mass is 10.1. The molecule has 0 atom stereocenters. The Balaban J connectivity index is 1.61. The van der Waals surface area contributed by atoms with Crippen LogP contribution in [0.5, 0.6) is 11.5 Å². The normalized spacial score (nSPS) is 10.7. The molecule has 0 aliphatic rings. The van der Waals surface area contributed by atoms with Crippen molar-refractivity contribution < 1.29 is 14.3 Å². The third-order valence-corrected chi connectivity index (χ3v) is 5.88. The Labute approximate surface area is 198 Å². The topological polar surface area (TPSA) is 95.3 Å². The lowest BCUT2D eigenvalue weighted by Gasteiger charge is -2.12. The second-order valence-electron chi connectivity index (χ2n) is 6.92. The molecule has 10 heteroatoms. The maximum Gasteiger partial charge on any atom is 0.281 e. The summed E-state index contributed by atoms with van der Waals surface area (Å²) < 4.78 is 12.1. The summed E-state index contributed by atoms with van der Waals surface area (Å²) in [6.45, 7) is 1.72. The fourth-order valence-electron chi connectivity index (χ4n) is 3.19. The molecule has 1 amide bonds. The first-order valence-corrected chi connectivity index (χ1v) is 11.0. The van der Waals surface area contributed by atoms with Gasteiger partial charge >= 0.3 is 0 Å². The minimum Gasteiger partial charge on any atom is -0.493 e. The minimum absolute atomic E-state index is 0.261. The Morgan fingerprint density at radius 1 is 1.09 bits per heavy atom. The van der Waals surface area contributed by atoms with Gasteiger partial charge in [-0.1, -0.05) is 23.7 Å². The van der Waals surface area contributed by atoms with Crippen LogP contribution in [0.3, 0.4) is 0 Å². The molecule has 0 saturated carbocycles. The van der Waals surface area contributed by atoms with Gasteiger partial charge in [0.05, 0.1) is 30.6 Å². The summed E-state index contributed by atoms with van der Waals surface area (Å²) in [6, 6.07) is 13.8. The van der Waals surface area contributed by atoms with Crippen LogP contribution >= 0.6 is 22.9 Å². The number of ether oxygens (including phenoxy) is 2. The molecule has 4 rings (SSSR count). The molecule has 0 fully saturated rings. The van der Waals surface area contributed by atoms with Crippen molar-refractivity contribution in [2.75, 3.05) is 19.5 Å². The number of para-hydroxylation sites is 1.